The molecular weight excluding hydrogens is 330 g/mol. The Morgan fingerprint density at radius 3 is 2.74 bits per heavy atom. The van der Waals surface area contributed by atoms with Crippen molar-refractivity contribution in [3.63, 3.8) is 0 Å². The third-order valence-electron chi connectivity index (χ3n) is 3.25. The maximum atomic E-state index is 11.9. The molecular formula is C13H19BrClN3O. The zero-order chi connectivity index (χ0) is 13.0. The van der Waals surface area contributed by atoms with Crippen molar-refractivity contribution in [3.8, 4) is 0 Å². The van der Waals surface area contributed by atoms with Gasteiger partial charge in [-0.25, -0.2) is 0 Å². The summed E-state index contributed by atoms with van der Waals surface area (Å²) < 4.78 is 1.00. The normalized spacial score (nSPS) is 18.9. The lowest BCUT2D eigenvalue weighted by Crippen LogP contribution is -2.40. The Morgan fingerprint density at radius 2 is 2.11 bits per heavy atom. The average Bonchev–Trinajstić information content (AvgIpc) is 2.79. The van der Waals surface area contributed by atoms with Crippen LogP contribution in [0.4, 0.5) is 5.69 Å². The highest BCUT2D eigenvalue weighted by molar-refractivity contribution is 9.10. The summed E-state index contributed by atoms with van der Waals surface area (Å²) in [4.78, 5) is 14.1. The molecule has 6 heteroatoms. The van der Waals surface area contributed by atoms with E-state index in [4.69, 9.17) is 5.73 Å². The van der Waals surface area contributed by atoms with Crippen molar-refractivity contribution in [1.29, 1.82) is 0 Å². The molecule has 1 aliphatic rings. The van der Waals surface area contributed by atoms with Crippen molar-refractivity contribution in [1.82, 2.24) is 4.90 Å². The van der Waals surface area contributed by atoms with Gasteiger partial charge in [-0.2, -0.15) is 0 Å². The number of hydrogen-bond donors (Lipinski definition) is 2. The van der Waals surface area contributed by atoms with Gasteiger partial charge in [0.2, 0.25) is 5.91 Å². The highest BCUT2D eigenvalue weighted by Gasteiger charge is 2.24. The second-order valence-electron chi connectivity index (χ2n) is 4.56. The zero-order valence-electron chi connectivity index (χ0n) is 10.6. The first-order chi connectivity index (χ1) is 8.69. The van der Waals surface area contributed by atoms with Gasteiger partial charge >= 0.3 is 0 Å². The quantitative estimate of drug-likeness (QED) is 0.877. The van der Waals surface area contributed by atoms with Crippen LogP contribution in [0.3, 0.4) is 0 Å². The fourth-order valence-corrected chi connectivity index (χ4v) is 2.55. The van der Waals surface area contributed by atoms with E-state index in [9.17, 15) is 4.79 Å². The molecule has 1 atom stereocenters. The number of benzene rings is 1. The Hall–Kier alpha value is -0.620. The topological polar surface area (TPSA) is 58.4 Å². The summed E-state index contributed by atoms with van der Waals surface area (Å²) in [6, 6.07) is 7.95. The molecule has 1 aliphatic heterocycles. The van der Waals surface area contributed by atoms with E-state index in [1.165, 1.54) is 0 Å². The van der Waals surface area contributed by atoms with Gasteiger partial charge in [0, 0.05) is 22.7 Å². The number of hydrogen-bond acceptors (Lipinski definition) is 3. The molecule has 1 aromatic carbocycles. The molecule has 0 spiro atoms. The van der Waals surface area contributed by atoms with Crippen LogP contribution in [0.15, 0.2) is 28.7 Å². The third kappa shape index (κ3) is 4.76. The zero-order valence-corrected chi connectivity index (χ0v) is 13.0. The fraction of sp³-hybridized carbons (Fsp3) is 0.462. The number of nitrogens with one attached hydrogen (secondary N) is 1. The van der Waals surface area contributed by atoms with E-state index >= 15 is 0 Å². The van der Waals surface area contributed by atoms with E-state index in [1.54, 1.807) is 0 Å². The van der Waals surface area contributed by atoms with Crippen LogP contribution in [-0.2, 0) is 4.79 Å². The maximum Gasteiger partial charge on any atom is 0.238 e. The molecule has 19 heavy (non-hydrogen) atoms. The molecule has 0 aromatic heterocycles. The average molecular weight is 349 g/mol. The van der Waals surface area contributed by atoms with Crippen molar-refractivity contribution in [3.05, 3.63) is 28.7 Å². The number of nitrogens with two attached hydrogens (primary N) is 1. The standard InChI is InChI=1S/C13H18BrN3O.ClH/c14-10-3-5-11(6-4-10)16-13(18)9-17-7-1-2-12(17)8-15;/h3-6,12H,1-2,7-9,15H2,(H,16,18);1H. The maximum absolute atomic E-state index is 11.9. The molecule has 1 aromatic rings. The first kappa shape index (κ1) is 16.4. The van der Waals surface area contributed by atoms with Gasteiger partial charge in [0.15, 0.2) is 0 Å². The summed E-state index contributed by atoms with van der Waals surface area (Å²) >= 11 is 3.36. The second kappa shape index (κ2) is 7.85. The van der Waals surface area contributed by atoms with E-state index in [0.717, 1.165) is 29.5 Å². The number of anilines is 1. The molecule has 1 heterocycles. The minimum atomic E-state index is 0. The van der Waals surface area contributed by atoms with Crippen LogP contribution in [0.2, 0.25) is 0 Å². The third-order valence-corrected chi connectivity index (χ3v) is 3.77. The van der Waals surface area contributed by atoms with Gasteiger partial charge < -0.3 is 11.1 Å². The molecule has 1 saturated heterocycles. The van der Waals surface area contributed by atoms with E-state index < -0.39 is 0 Å². The first-order valence-electron chi connectivity index (χ1n) is 6.18. The smallest absolute Gasteiger partial charge is 0.238 e. The van der Waals surface area contributed by atoms with Crippen LogP contribution >= 0.6 is 28.3 Å². The second-order valence-corrected chi connectivity index (χ2v) is 5.47. The number of amides is 1. The molecule has 0 radical (unpaired) electrons. The SMILES string of the molecule is Cl.NCC1CCCN1CC(=O)Nc1ccc(Br)cc1. The Labute approximate surface area is 128 Å². The number of carbonyl (C=O) groups is 1. The summed E-state index contributed by atoms with van der Waals surface area (Å²) in [6.45, 7) is 2.03. The highest BCUT2D eigenvalue weighted by atomic mass is 79.9. The van der Waals surface area contributed by atoms with E-state index in [2.05, 4.69) is 26.1 Å². The van der Waals surface area contributed by atoms with E-state index in [-0.39, 0.29) is 18.3 Å². The summed E-state index contributed by atoms with van der Waals surface area (Å²) in [5.41, 5.74) is 6.52. The molecule has 106 valence electrons. The Bertz CT molecular complexity index is 413. The van der Waals surface area contributed by atoms with Crippen LogP contribution < -0.4 is 11.1 Å². The van der Waals surface area contributed by atoms with E-state index in [0.29, 0.717) is 19.1 Å². The molecule has 1 unspecified atom stereocenters. The minimum absolute atomic E-state index is 0. The van der Waals surface area contributed by atoms with Crippen molar-refractivity contribution in [2.75, 3.05) is 25.0 Å². The first-order valence-corrected chi connectivity index (χ1v) is 6.98. The number of nitrogens with zero attached hydrogens (tertiary/aromatic N) is 1. The Balaban J connectivity index is 0.00000180. The lowest BCUT2D eigenvalue weighted by atomic mass is 10.2. The van der Waals surface area contributed by atoms with Crippen molar-refractivity contribution < 1.29 is 4.79 Å². The molecule has 3 N–H and O–H groups in total. The molecule has 0 saturated carbocycles. The summed E-state index contributed by atoms with van der Waals surface area (Å²) in [7, 11) is 0. The summed E-state index contributed by atoms with van der Waals surface area (Å²) in [5, 5.41) is 2.90. The van der Waals surface area contributed by atoms with Gasteiger partial charge in [0.1, 0.15) is 0 Å². The molecule has 2 rings (SSSR count). The predicted octanol–water partition coefficient (Wildman–Crippen LogP) is 2.23. The molecule has 1 amide bonds. The van der Waals surface area contributed by atoms with E-state index in [1.807, 2.05) is 24.3 Å². The van der Waals surface area contributed by atoms with Gasteiger partial charge in [-0.15, -0.1) is 12.4 Å². The van der Waals surface area contributed by atoms with Crippen LogP contribution in [0.5, 0.6) is 0 Å². The Kier molecular flexibility index (Phi) is 6.79. The van der Waals surface area contributed by atoms with Crippen molar-refractivity contribution >= 4 is 39.9 Å². The monoisotopic (exact) mass is 347 g/mol. The molecule has 1 fully saturated rings. The van der Waals surface area contributed by atoms with Crippen LogP contribution in [0, 0.1) is 0 Å². The predicted molar refractivity (Wildman–Crippen MR) is 83.7 cm³/mol. The summed E-state index contributed by atoms with van der Waals surface area (Å²) in [5.74, 6) is 0.0256. The van der Waals surface area contributed by atoms with Gasteiger partial charge in [0.05, 0.1) is 6.54 Å². The van der Waals surface area contributed by atoms with Gasteiger partial charge in [0.25, 0.3) is 0 Å². The lowest BCUT2D eigenvalue weighted by molar-refractivity contribution is -0.117. The van der Waals surface area contributed by atoms with Crippen LogP contribution in [-0.4, -0.2) is 36.5 Å². The van der Waals surface area contributed by atoms with Gasteiger partial charge in [-0.1, -0.05) is 15.9 Å². The number of halogens is 2. The van der Waals surface area contributed by atoms with Crippen LogP contribution in [0.1, 0.15) is 12.8 Å². The fourth-order valence-electron chi connectivity index (χ4n) is 2.29. The van der Waals surface area contributed by atoms with Gasteiger partial charge in [-0.3, -0.25) is 9.69 Å². The Morgan fingerprint density at radius 1 is 1.42 bits per heavy atom. The number of carbonyl (C=O) groups excluding carboxylic acids is 1. The van der Waals surface area contributed by atoms with Crippen molar-refractivity contribution in [2.45, 2.75) is 18.9 Å². The largest absolute Gasteiger partial charge is 0.329 e. The number of rotatable bonds is 4. The van der Waals surface area contributed by atoms with Crippen LogP contribution in [0.25, 0.3) is 0 Å². The molecule has 0 bridgehead atoms. The number of likely N-dealkylation sites (tertiary alicyclic amines) is 1. The highest BCUT2D eigenvalue weighted by Crippen LogP contribution is 2.17. The summed E-state index contributed by atoms with van der Waals surface area (Å²) in [6.07, 6.45) is 2.23. The lowest BCUT2D eigenvalue weighted by Gasteiger charge is -2.22. The molecule has 0 aliphatic carbocycles. The molecule has 4 nitrogen and oxygen atoms in total. The van der Waals surface area contributed by atoms with Crippen molar-refractivity contribution in [2.24, 2.45) is 5.73 Å². The minimum Gasteiger partial charge on any atom is -0.329 e. The van der Waals surface area contributed by atoms with Gasteiger partial charge in [-0.05, 0) is 43.7 Å².